The number of furan rings is 1. The lowest BCUT2D eigenvalue weighted by atomic mass is 10.3. The molecule has 6 heteroatoms. The average Bonchev–Trinajstić information content (AvgIpc) is 2.89. The number of nitrogens with zero attached hydrogens (tertiary/aromatic N) is 2. The van der Waals surface area contributed by atoms with Gasteiger partial charge in [-0.3, -0.25) is 0 Å². The molecule has 15 heavy (non-hydrogen) atoms. The third-order valence-electron chi connectivity index (χ3n) is 1.85. The molecule has 0 aliphatic heterocycles. The summed E-state index contributed by atoms with van der Waals surface area (Å²) in [5.41, 5.74) is 5.73. The van der Waals surface area contributed by atoms with Gasteiger partial charge in [0.25, 0.3) is 5.89 Å². The maximum atomic E-state index is 5.73. The highest BCUT2D eigenvalue weighted by Crippen LogP contribution is 2.18. The molecule has 0 aliphatic carbocycles. The van der Waals surface area contributed by atoms with Crippen molar-refractivity contribution in [3.63, 3.8) is 0 Å². The standard InChI is InChI=1S/C9H11N3O3/c1-13-5-6(10)8-11-9(15-12-8)7-3-2-4-14-7/h2-4,6H,5,10H2,1H3. The Balaban J connectivity index is 2.17. The molecule has 80 valence electrons. The van der Waals surface area contributed by atoms with E-state index in [0.717, 1.165) is 0 Å². The molecular formula is C9H11N3O3. The summed E-state index contributed by atoms with van der Waals surface area (Å²) in [6, 6.07) is 3.09. The molecule has 0 saturated carbocycles. The lowest BCUT2D eigenvalue weighted by Crippen LogP contribution is -2.17. The van der Waals surface area contributed by atoms with E-state index >= 15 is 0 Å². The van der Waals surface area contributed by atoms with Crippen molar-refractivity contribution in [2.24, 2.45) is 5.73 Å². The van der Waals surface area contributed by atoms with Gasteiger partial charge < -0.3 is 19.4 Å². The first-order valence-corrected chi connectivity index (χ1v) is 4.43. The van der Waals surface area contributed by atoms with Crippen molar-refractivity contribution in [3.8, 4) is 11.7 Å². The summed E-state index contributed by atoms with van der Waals surface area (Å²) in [7, 11) is 1.56. The van der Waals surface area contributed by atoms with Crippen molar-refractivity contribution in [2.75, 3.05) is 13.7 Å². The molecule has 2 aromatic heterocycles. The first-order valence-electron chi connectivity index (χ1n) is 4.43. The highest BCUT2D eigenvalue weighted by Gasteiger charge is 2.16. The summed E-state index contributed by atoms with van der Waals surface area (Å²) < 4.78 is 15.0. The topological polar surface area (TPSA) is 87.3 Å². The average molecular weight is 209 g/mol. The zero-order chi connectivity index (χ0) is 10.7. The van der Waals surface area contributed by atoms with E-state index in [1.54, 1.807) is 19.2 Å². The largest absolute Gasteiger partial charge is 0.459 e. The normalized spacial score (nSPS) is 12.9. The van der Waals surface area contributed by atoms with Gasteiger partial charge in [-0.1, -0.05) is 5.16 Å². The van der Waals surface area contributed by atoms with Crippen LogP contribution in [-0.2, 0) is 4.74 Å². The molecule has 0 aromatic carbocycles. The maximum absolute atomic E-state index is 5.73. The van der Waals surface area contributed by atoms with Crippen LogP contribution in [0.15, 0.2) is 27.3 Å². The second-order valence-electron chi connectivity index (χ2n) is 3.00. The van der Waals surface area contributed by atoms with E-state index in [9.17, 15) is 0 Å². The van der Waals surface area contributed by atoms with Gasteiger partial charge in [-0.15, -0.1) is 0 Å². The lowest BCUT2D eigenvalue weighted by molar-refractivity contribution is 0.177. The number of aromatic nitrogens is 2. The van der Waals surface area contributed by atoms with Crippen molar-refractivity contribution >= 4 is 0 Å². The van der Waals surface area contributed by atoms with Crippen molar-refractivity contribution in [1.82, 2.24) is 10.1 Å². The minimum absolute atomic E-state index is 0.321. The van der Waals surface area contributed by atoms with Crippen LogP contribution >= 0.6 is 0 Å². The van der Waals surface area contributed by atoms with E-state index in [1.807, 2.05) is 0 Å². The molecule has 0 saturated heterocycles. The van der Waals surface area contributed by atoms with Crippen LogP contribution in [0.3, 0.4) is 0 Å². The number of hydrogen-bond acceptors (Lipinski definition) is 6. The monoisotopic (exact) mass is 209 g/mol. The first-order chi connectivity index (χ1) is 7.31. The highest BCUT2D eigenvalue weighted by molar-refractivity contribution is 5.42. The summed E-state index contributed by atoms with van der Waals surface area (Å²) in [5.74, 6) is 1.25. The molecule has 2 aromatic rings. The van der Waals surface area contributed by atoms with Crippen molar-refractivity contribution in [3.05, 3.63) is 24.2 Å². The summed E-state index contributed by atoms with van der Waals surface area (Å²) in [6.45, 7) is 0.344. The number of nitrogens with two attached hydrogens (primary N) is 1. The molecule has 0 bridgehead atoms. The van der Waals surface area contributed by atoms with Crippen LogP contribution in [-0.4, -0.2) is 23.9 Å². The lowest BCUT2D eigenvalue weighted by Gasteiger charge is -2.02. The number of rotatable bonds is 4. The number of ether oxygens (including phenoxy) is 1. The summed E-state index contributed by atoms with van der Waals surface area (Å²) >= 11 is 0. The minimum atomic E-state index is -0.387. The molecule has 1 unspecified atom stereocenters. The van der Waals surface area contributed by atoms with E-state index in [2.05, 4.69) is 10.1 Å². The van der Waals surface area contributed by atoms with Gasteiger partial charge in [0.15, 0.2) is 11.6 Å². The second kappa shape index (κ2) is 4.24. The molecular weight excluding hydrogens is 198 g/mol. The van der Waals surface area contributed by atoms with Crippen LogP contribution in [0.5, 0.6) is 0 Å². The molecule has 0 amide bonds. The van der Waals surface area contributed by atoms with Crippen LogP contribution in [0.25, 0.3) is 11.7 Å². The first kappa shape index (κ1) is 9.88. The molecule has 0 spiro atoms. The van der Waals surface area contributed by atoms with Crippen molar-refractivity contribution < 1.29 is 13.7 Å². The molecule has 1 atom stereocenters. The Morgan fingerprint density at radius 2 is 2.47 bits per heavy atom. The van der Waals surface area contributed by atoms with Gasteiger partial charge in [-0.2, -0.15) is 4.98 Å². The molecule has 6 nitrogen and oxygen atoms in total. The second-order valence-corrected chi connectivity index (χ2v) is 3.00. The van der Waals surface area contributed by atoms with Crippen LogP contribution in [0.4, 0.5) is 0 Å². The molecule has 2 rings (SSSR count). The fourth-order valence-corrected chi connectivity index (χ4v) is 1.14. The maximum Gasteiger partial charge on any atom is 0.293 e. The SMILES string of the molecule is COCC(N)c1noc(-c2ccco2)n1. The Hall–Kier alpha value is -1.66. The van der Waals surface area contributed by atoms with E-state index in [1.165, 1.54) is 6.26 Å². The minimum Gasteiger partial charge on any atom is -0.459 e. The van der Waals surface area contributed by atoms with Gasteiger partial charge >= 0.3 is 0 Å². The van der Waals surface area contributed by atoms with E-state index in [4.69, 9.17) is 19.4 Å². The van der Waals surface area contributed by atoms with Crippen LogP contribution < -0.4 is 5.73 Å². The Morgan fingerprint density at radius 3 is 3.13 bits per heavy atom. The summed E-state index contributed by atoms with van der Waals surface area (Å²) in [5, 5.41) is 3.74. The van der Waals surface area contributed by atoms with Crippen molar-refractivity contribution in [1.29, 1.82) is 0 Å². The van der Waals surface area contributed by atoms with Gasteiger partial charge in [0.05, 0.1) is 18.9 Å². The molecule has 0 radical (unpaired) electrons. The van der Waals surface area contributed by atoms with Crippen LogP contribution in [0, 0.1) is 0 Å². The highest BCUT2D eigenvalue weighted by atomic mass is 16.5. The fourth-order valence-electron chi connectivity index (χ4n) is 1.14. The van der Waals surface area contributed by atoms with Crippen LogP contribution in [0.2, 0.25) is 0 Å². The zero-order valence-corrected chi connectivity index (χ0v) is 8.21. The van der Waals surface area contributed by atoms with Gasteiger partial charge in [0, 0.05) is 7.11 Å². The fraction of sp³-hybridized carbons (Fsp3) is 0.333. The molecule has 0 fully saturated rings. The Bertz CT molecular complexity index is 410. The van der Waals surface area contributed by atoms with Gasteiger partial charge in [0.1, 0.15) is 0 Å². The molecule has 2 heterocycles. The number of hydrogen-bond donors (Lipinski definition) is 1. The van der Waals surface area contributed by atoms with Gasteiger partial charge in [-0.05, 0) is 12.1 Å². The van der Waals surface area contributed by atoms with Gasteiger partial charge in [0.2, 0.25) is 0 Å². The molecule has 0 aliphatic rings. The Labute approximate surface area is 86.0 Å². The van der Waals surface area contributed by atoms with Gasteiger partial charge in [-0.25, -0.2) is 0 Å². The zero-order valence-electron chi connectivity index (χ0n) is 8.21. The quantitative estimate of drug-likeness (QED) is 0.807. The third kappa shape index (κ3) is 2.05. The number of methoxy groups -OCH3 is 1. The third-order valence-corrected chi connectivity index (χ3v) is 1.85. The summed E-state index contributed by atoms with van der Waals surface area (Å²) in [4.78, 5) is 4.09. The van der Waals surface area contributed by atoms with E-state index < -0.39 is 0 Å². The Kier molecular flexibility index (Phi) is 2.79. The smallest absolute Gasteiger partial charge is 0.293 e. The molecule has 2 N–H and O–H groups in total. The van der Waals surface area contributed by atoms with E-state index in [-0.39, 0.29) is 6.04 Å². The van der Waals surface area contributed by atoms with Crippen LogP contribution in [0.1, 0.15) is 11.9 Å². The summed E-state index contributed by atoms with van der Waals surface area (Å²) in [6.07, 6.45) is 1.54. The Morgan fingerprint density at radius 1 is 1.60 bits per heavy atom. The predicted molar refractivity (Wildman–Crippen MR) is 50.8 cm³/mol. The van der Waals surface area contributed by atoms with Crippen molar-refractivity contribution in [2.45, 2.75) is 6.04 Å². The predicted octanol–water partition coefficient (Wildman–Crippen LogP) is 0.976. The van der Waals surface area contributed by atoms with E-state index in [0.29, 0.717) is 24.1 Å².